The molecule has 0 aromatic rings. The number of amides is 1. The Morgan fingerprint density at radius 2 is 1.61 bits per heavy atom. The van der Waals surface area contributed by atoms with E-state index in [-0.39, 0.29) is 12.0 Å². The fourth-order valence-electron chi connectivity index (χ4n) is 2.19. The second-order valence-corrected chi connectivity index (χ2v) is 4.57. The Morgan fingerprint density at radius 3 is 2.00 bits per heavy atom. The summed E-state index contributed by atoms with van der Waals surface area (Å²) in [5, 5.41) is 11.8. The molecule has 102 valence electrons. The van der Waals surface area contributed by atoms with Gasteiger partial charge in [-0.05, 0) is 14.1 Å². The van der Waals surface area contributed by atoms with Crippen LogP contribution < -0.4 is 5.32 Å². The van der Waals surface area contributed by atoms with Crippen molar-refractivity contribution in [3.8, 4) is 0 Å². The van der Waals surface area contributed by atoms with Gasteiger partial charge in [0.25, 0.3) is 0 Å². The third-order valence-corrected chi connectivity index (χ3v) is 2.91. The summed E-state index contributed by atoms with van der Waals surface area (Å²) in [6.45, 7) is 0. The van der Waals surface area contributed by atoms with Gasteiger partial charge < -0.3 is 20.1 Å². The van der Waals surface area contributed by atoms with Gasteiger partial charge in [0.2, 0.25) is 5.91 Å². The molecule has 0 aliphatic carbocycles. The average Bonchev–Trinajstić information content (AvgIpc) is 2.88. The van der Waals surface area contributed by atoms with Gasteiger partial charge in [0.15, 0.2) is 0 Å². The Labute approximate surface area is 107 Å². The molecule has 2 bridgehead atoms. The van der Waals surface area contributed by atoms with Crippen LogP contribution in [0.2, 0.25) is 0 Å². The van der Waals surface area contributed by atoms with Gasteiger partial charge in [-0.1, -0.05) is 12.2 Å². The first-order valence-corrected chi connectivity index (χ1v) is 5.80. The third kappa shape index (κ3) is 2.70. The predicted molar refractivity (Wildman–Crippen MR) is 66.1 cm³/mol. The van der Waals surface area contributed by atoms with Gasteiger partial charge in [-0.3, -0.25) is 9.59 Å². The molecule has 6 nitrogen and oxygen atoms in total. The lowest BCUT2D eigenvalue weighted by atomic mass is 9.82. The summed E-state index contributed by atoms with van der Waals surface area (Å²) in [6.07, 6.45) is 2.69. The minimum atomic E-state index is -0.966. The Morgan fingerprint density at radius 1 is 1.17 bits per heavy atom. The fraction of sp³-hybridized carbons (Fsp3) is 0.667. The number of aliphatic carboxylic acids is 1. The van der Waals surface area contributed by atoms with Crippen molar-refractivity contribution in [1.82, 2.24) is 10.2 Å². The highest BCUT2D eigenvalue weighted by Gasteiger charge is 2.53. The lowest BCUT2D eigenvalue weighted by molar-refractivity contribution is -0.148. The molecule has 0 spiro atoms. The normalized spacial score (nSPS) is 31.8. The van der Waals surface area contributed by atoms with E-state index >= 15 is 0 Å². The molecule has 0 aromatic carbocycles. The van der Waals surface area contributed by atoms with Crippen LogP contribution in [0.3, 0.4) is 0 Å². The van der Waals surface area contributed by atoms with Crippen LogP contribution in [-0.4, -0.2) is 62.3 Å². The molecule has 4 atom stereocenters. The smallest absolute Gasteiger partial charge is 0.310 e. The van der Waals surface area contributed by atoms with Crippen molar-refractivity contribution in [2.45, 2.75) is 12.2 Å². The first kappa shape index (κ1) is 14.7. The summed E-state index contributed by atoms with van der Waals surface area (Å²) in [5.41, 5.74) is 0. The third-order valence-electron chi connectivity index (χ3n) is 2.91. The minimum Gasteiger partial charge on any atom is -0.481 e. The SMILES string of the molecule is CN(C)C(=O)C1C(C(=O)O)[C@H]2C=C[C@@H]1O2.CNC. The maximum Gasteiger partial charge on any atom is 0.310 e. The molecule has 6 heteroatoms. The molecule has 0 radical (unpaired) electrons. The Bertz CT molecular complexity index is 354. The van der Waals surface area contributed by atoms with Gasteiger partial charge >= 0.3 is 5.97 Å². The second kappa shape index (κ2) is 5.97. The molecule has 2 N–H and O–H groups in total. The molecule has 2 rings (SSSR count). The molecule has 1 amide bonds. The topological polar surface area (TPSA) is 78.9 Å². The van der Waals surface area contributed by atoms with Gasteiger partial charge in [0, 0.05) is 14.1 Å². The van der Waals surface area contributed by atoms with E-state index in [1.54, 1.807) is 26.2 Å². The van der Waals surface area contributed by atoms with Crippen LogP contribution in [-0.2, 0) is 14.3 Å². The number of carboxylic acids is 1. The molecule has 0 saturated carbocycles. The van der Waals surface area contributed by atoms with E-state index in [0.717, 1.165) is 0 Å². The lowest BCUT2D eigenvalue weighted by Crippen LogP contribution is -2.41. The highest BCUT2D eigenvalue weighted by atomic mass is 16.5. The first-order valence-electron chi connectivity index (χ1n) is 5.80. The highest BCUT2D eigenvalue weighted by molar-refractivity contribution is 5.87. The molecular weight excluding hydrogens is 236 g/mol. The number of carbonyl (C=O) groups excluding carboxylic acids is 1. The first-order chi connectivity index (χ1) is 8.43. The summed E-state index contributed by atoms with van der Waals surface area (Å²) in [6, 6.07) is 0. The zero-order valence-electron chi connectivity index (χ0n) is 11.1. The van der Waals surface area contributed by atoms with E-state index < -0.39 is 23.9 Å². The standard InChI is InChI=1S/C10H13NO4.C2H7N/c1-11(2)9(12)7-5-3-4-6(15-5)8(7)10(13)14;1-3-2/h3-8H,1-2H3,(H,13,14);3H,1-2H3/t5-,6+,7?,8?;/m0./s1. The van der Waals surface area contributed by atoms with E-state index in [4.69, 9.17) is 9.84 Å². The molecule has 2 aliphatic rings. The van der Waals surface area contributed by atoms with Gasteiger partial charge in [-0.15, -0.1) is 0 Å². The maximum absolute atomic E-state index is 11.8. The zero-order chi connectivity index (χ0) is 13.9. The molecular formula is C12H20N2O4. The van der Waals surface area contributed by atoms with Gasteiger partial charge in [-0.2, -0.15) is 0 Å². The average molecular weight is 256 g/mol. The van der Waals surface area contributed by atoms with Crippen LogP contribution in [0.4, 0.5) is 0 Å². The van der Waals surface area contributed by atoms with Crippen molar-refractivity contribution < 1.29 is 19.4 Å². The van der Waals surface area contributed by atoms with Crippen LogP contribution in [0.25, 0.3) is 0 Å². The zero-order valence-corrected chi connectivity index (χ0v) is 11.1. The molecule has 2 unspecified atom stereocenters. The van der Waals surface area contributed by atoms with Crippen molar-refractivity contribution in [3.05, 3.63) is 12.2 Å². The summed E-state index contributed by atoms with van der Waals surface area (Å²) in [7, 11) is 6.99. The second-order valence-electron chi connectivity index (χ2n) is 4.57. The summed E-state index contributed by atoms with van der Waals surface area (Å²) < 4.78 is 5.39. The van der Waals surface area contributed by atoms with Crippen molar-refractivity contribution in [3.63, 3.8) is 0 Å². The van der Waals surface area contributed by atoms with Crippen LogP contribution in [0.1, 0.15) is 0 Å². The largest absolute Gasteiger partial charge is 0.481 e. The van der Waals surface area contributed by atoms with Crippen LogP contribution in [0.15, 0.2) is 12.2 Å². The van der Waals surface area contributed by atoms with Crippen molar-refractivity contribution in [2.75, 3.05) is 28.2 Å². The van der Waals surface area contributed by atoms with E-state index in [2.05, 4.69) is 5.32 Å². The predicted octanol–water partition coefficient (Wildman–Crippen LogP) is -0.436. The van der Waals surface area contributed by atoms with E-state index in [1.807, 2.05) is 14.1 Å². The Balaban J connectivity index is 0.000000492. The number of carboxylic acid groups (broad SMARTS) is 1. The molecule has 1 fully saturated rings. The maximum atomic E-state index is 11.8. The quantitative estimate of drug-likeness (QED) is 0.655. The van der Waals surface area contributed by atoms with E-state index in [1.165, 1.54) is 4.90 Å². The number of nitrogens with zero attached hydrogens (tertiary/aromatic N) is 1. The Kier molecular flexibility index (Phi) is 4.86. The van der Waals surface area contributed by atoms with E-state index in [0.29, 0.717) is 0 Å². The molecule has 2 aliphatic heterocycles. The number of fused-ring (bicyclic) bond motifs is 2. The molecule has 18 heavy (non-hydrogen) atoms. The lowest BCUT2D eigenvalue weighted by Gasteiger charge is -2.23. The van der Waals surface area contributed by atoms with Crippen molar-refractivity contribution >= 4 is 11.9 Å². The minimum absolute atomic E-state index is 0.181. The van der Waals surface area contributed by atoms with E-state index in [9.17, 15) is 9.59 Å². The summed E-state index contributed by atoms with van der Waals surface area (Å²) in [5.74, 6) is -2.46. The summed E-state index contributed by atoms with van der Waals surface area (Å²) >= 11 is 0. The summed E-state index contributed by atoms with van der Waals surface area (Å²) in [4.78, 5) is 24.3. The molecule has 0 aromatic heterocycles. The number of ether oxygens (including phenoxy) is 1. The molecule has 2 heterocycles. The van der Waals surface area contributed by atoms with Gasteiger partial charge in [0.05, 0.1) is 18.1 Å². The number of hydrogen-bond donors (Lipinski definition) is 2. The number of carbonyl (C=O) groups is 2. The van der Waals surface area contributed by atoms with Gasteiger partial charge in [0.1, 0.15) is 5.92 Å². The molecule has 1 saturated heterocycles. The number of hydrogen-bond acceptors (Lipinski definition) is 4. The monoisotopic (exact) mass is 256 g/mol. The number of rotatable bonds is 2. The number of nitrogens with one attached hydrogen (secondary N) is 1. The Hall–Kier alpha value is -1.40. The van der Waals surface area contributed by atoms with Gasteiger partial charge in [-0.25, -0.2) is 0 Å². The fourth-order valence-corrected chi connectivity index (χ4v) is 2.19. The van der Waals surface area contributed by atoms with Crippen LogP contribution in [0.5, 0.6) is 0 Å². The van der Waals surface area contributed by atoms with Crippen molar-refractivity contribution in [1.29, 1.82) is 0 Å². The van der Waals surface area contributed by atoms with Crippen LogP contribution in [0, 0.1) is 11.8 Å². The highest BCUT2D eigenvalue weighted by Crippen LogP contribution is 2.39. The van der Waals surface area contributed by atoms with Crippen LogP contribution >= 0.6 is 0 Å². The van der Waals surface area contributed by atoms with Crippen molar-refractivity contribution in [2.24, 2.45) is 11.8 Å².